The van der Waals surface area contributed by atoms with Crippen molar-refractivity contribution in [3.05, 3.63) is 45.5 Å². The fourth-order valence-electron chi connectivity index (χ4n) is 0.750. The summed E-state index contributed by atoms with van der Waals surface area (Å²) in [6.07, 6.45) is 0. The standard InChI is InChI=1S/C8H5BrFN/c1-11-5-6-4-7(9)2-3-8(6)10/h2-4H,5H2. The first kappa shape index (κ1) is 8.22. The Morgan fingerprint density at radius 1 is 1.55 bits per heavy atom. The summed E-state index contributed by atoms with van der Waals surface area (Å²) in [5, 5.41) is 0. The summed E-state index contributed by atoms with van der Waals surface area (Å²) >= 11 is 3.20. The predicted molar refractivity (Wildman–Crippen MR) is 44.4 cm³/mol. The molecule has 0 saturated heterocycles. The maximum Gasteiger partial charge on any atom is 0.242 e. The van der Waals surface area contributed by atoms with E-state index in [2.05, 4.69) is 20.8 Å². The largest absolute Gasteiger partial charge is 0.312 e. The van der Waals surface area contributed by atoms with Gasteiger partial charge in [0.05, 0.1) is 5.56 Å². The van der Waals surface area contributed by atoms with Gasteiger partial charge in [0.15, 0.2) is 0 Å². The van der Waals surface area contributed by atoms with E-state index in [1.165, 1.54) is 6.07 Å². The van der Waals surface area contributed by atoms with Gasteiger partial charge in [0.1, 0.15) is 5.82 Å². The molecule has 0 aromatic heterocycles. The maximum atomic E-state index is 12.8. The van der Waals surface area contributed by atoms with E-state index in [-0.39, 0.29) is 12.4 Å². The smallest absolute Gasteiger partial charge is 0.242 e. The molecule has 0 saturated carbocycles. The molecule has 56 valence electrons. The molecule has 0 aliphatic heterocycles. The van der Waals surface area contributed by atoms with Crippen molar-refractivity contribution in [1.82, 2.24) is 0 Å². The van der Waals surface area contributed by atoms with Crippen molar-refractivity contribution in [1.29, 1.82) is 0 Å². The predicted octanol–water partition coefficient (Wildman–Crippen LogP) is 3.01. The Kier molecular flexibility index (Phi) is 2.61. The molecule has 0 bridgehead atoms. The van der Waals surface area contributed by atoms with E-state index in [0.29, 0.717) is 5.56 Å². The fourth-order valence-corrected chi connectivity index (χ4v) is 1.16. The lowest BCUT2D eigenvalue weighted by atomic mass is 10.2. The van der Waals surface area contributed by atoms with E-state index in [1.54, 1.807) is 12.1 Å². The lowest BCUT2D eigenvalue weighted by Gasteiger charge is -1.94. The highest BCUT2D eigenvalue weighted by Gasteiger charge is 2.03. The molecule has 0 radical (unpaired) electrons. The van der Waals surface area contributed by atoms with E-state index in [0.717, 1.165) is 4.47 Å². The van der Waals surface area contributed by atoms with Crippen LogP contribution in [0, 0.1) is 12.4 Å². The zero-order chi connectivity index (χ0) is 8.27. The van der Waals surface area contributed by atoms with Gasteiger partial charge in [0, 0.05) is 4.47 Å². The number of hydrogen-bond donors (Lipinski definition) is 0. The zero-order valence-corrected chi connectivity index (χ0v) is 7.23. The van der Waals surface area contributed by atoms with Crippen LogP contribution in [0.5, 0.6) is 0 Å². The van der Waals surface area contributed by atoms with E-state index in [4.69, 9.17) is 6.57 Å². The summed E-state index contributed by atoms with van der Waals surface area (Å²) in [5.41, 5.74) is 0.439. The Morgan fingerprint density at radius 2 is 2.27 bits per heavy atom. The van der Waals surface area contributed by atoms with Gasteiger partial charge in [0.2, 0.25) is 6.54 Å². The van der Waals surface area contributed by atoms with Crippen molar-refractivity contribution < 1.29 is 4.39 Å². The quantitative estimate of drug-likeness (QED) is 0.633. The first-order valence-corrected chi connectivity index (χ1v) is 3.80. The van der Waals surface area contributed by atoms with Crippen molar-refractivity contribution in [2.24, 2.45) is 0 Å². The number of hydrogen-bond acceptors (Lipinski definition) is 0. The van der Waals surface area contributed by atoms with Crippen LogP contribution in [-0.4, -0.2) is 0 Å². The van der Waals surface area contributed by atoms with Gasteiger partial charge in [-0.25, -0.2) is 11.0 Å². The third-order valence-electron chi connectivity index (χ3n) is 1.26. The lowest BCUT2D eigenvalue weighted by molar-refractivity contribution is 0.614. The molecule has 11 heavy (non-hydrogen) atoms. The average Bonchev–Trinajstić information content (AvgIpc) is 1.98. The Morgan fingerprint density at radius 3 is 2.91 bits per heavy atom. The molecule has 0 amide bonds. The second kappa shape index (κ2) is 3.49. The Hall–Kier alpha value is -0.880. The van der Waals surface area contributed by atoms with E-state index in [1.807, 2.05) is 0 Å². The lowest BCUT2D eigenvalue weighted by Crippen LogP contribution is -1.85. The molecule has 1 nitrogen and oxygen atoms in total. The molecular weight excluding hydrogens is 209 g/mol. The number of benzene rings is 1. The summed E-state index contributed by atoms with van der Waals surface area (Å²) in [6, 6.07) is 4.58. The average molecular weight is 214 g/mol. The highest BCUT2D eigenvalue weighted by atomic mass is 79.9. The first-order valence-electron chi connectivity index (χ1n) is 3.01. The van der Waals surface area contributed by atoms with Gasteiger partial charge in [-0.15, -0.1) is 0 Å². The highest BCUT2D eigenvalue weighted by Crippen LogP contribution is 2.15. The summed E-state index contributed by atoms with van der Waals surface area (Å²) in [7, 11) is 0. The van der Waals surface area contributed by atoms with Crippen molar-refractivity contribution in [2.45, 2.75) is 6.54 Å². The van der Waals surface area contributed by atoms with Crippen LogP contribution in [0.3, 0.4) is 0 Å². The Labute approximate surface area is 72.8 Å². The van der Waals surface area contributed by atoms with Crippen LogP contribution in [0.1, 0.15) is 5.56 Å². The first-order chi connectivity index (χ1) is 5.24. The van der Waals surface area contributed by atoms with Crippen LogP contribution in [0.2, 0.25) is 0 Å². The normalized spacial score (nSPS) is 9.18. The van der Waals surface area contributed by atoms with Gasteiger partial charge in [-0.3, -0.25) is 0 Å². The van der Waals surface area contributed by atoms with Crippen molar-refractivity contribution in [2.75, 3.05) is 0 Å². The highest BCUT2D eigenvalue weighted by molar-refractivity contribution is 9.10. The van der Waals surface area contributed by atoms with Gasteiger partial charge >= 0.3 is 0 Å². The van der Waals surface area contributed by atoms with Gasteiger partial charge in [0.25, 0.3) is 0 Å². The molecule has 1 aromatic carbocycles. The molecule has 0 aliphatic carbocycles. The van der Waals surface area contributed by atoms with E-state index < -0.39 is 0 Å². The van der Waals surface area contributed by atoms with Crippen LogP contribution in [0.4, 0.5) is 4.39 Å². The van der Waals surface area contributed by atoms with Crippen LogP contribution in [-0.2, 0) is 6.54 Å². The number of nitrogens with zero attached hydrogens (tertiary/aromatic N) is 1. The molecule has 0 atom stereocenters. The molecule has 0 unspecified atom stereocenters. The SMILES string of the molecule is [C-]#[N+]Cc1cc(Br)ccc1F. The minimum Gasteiger partial charge on any atom is -0.312 e. The van der Waals surface area contributed by atoms with Crippen LogP contribution in [0.15, 0.2) is 22.7 Å². The van der Waals surface area contributed by atoms with Crippen molar-refractivity contribution in [3.8, 4) is 0 Å². The molecule has 0 fully saturated rings. The minimum absolute atomic E-state index is 0.102. The topological polar surface area (TPSA) is 4.36 Å². The molecule has 0 spiro atoms. The second-order valence-corrected chi connectivity index (χ2v) is 2.97. The molecule has 0 heterocycles. The molecule has 0 N–H and O–H groups in total. The van der Waals surface area contributed by atoms with E-state index in [9.17, 15) is 4.39 Å². The molecule has 1 aromatic rings. The minimum atomic E-state index is -0.316. The van der Waals surface area contributed by atoms with E-state index >= 15 is 0 Å². The van der Waals surface area contributed by atoms with Crippen molar-refractivity contribution in [3.63, 3.8) is 0 Å². The monoisotopic (exact) mass is 213 g/mol. The Balaban J connectivity index is 3.05. The Bertz CT molecular complexity index is 303. The van der Waals surface area contributed by atoms with Crippen LogP contribution in [0.25, 0.3) is 4.85 Å². The molecule has 0 aliphatic rings. The van der Waals surface area contributed by atoms with Gasteiger partial charge in [-0.1, -0.05) is 15.9 Å². The third kappa shape index (κ3) is 2.02. The number of halogens is 2. The van der Waals surface area contributed by atoms with Gasteiger partial charge in [-0.05, 0) is 18.2 Å². The summed E-state index contributed by atoms with van der Waals surface area (Å²) in [4.78, 5) is 3.10. The summed E-state index contributed by atoms with van der Waals surface area (Å²) in [6.45, 7) is 6.65. The molecule has 3 heteroatoms. The summed E-state index contributed by atoms with van der Waals surface area (Å²) < 4.78 is 13.6. The third-order valence-corrected chi connectivity index (χ3v) is 1.75. The zero-order valence-electron chi connectivity index (χ0n) is 5.64. The van der Waals surface area contributed by atoms with Crippen LogP contribution < -0.4 is 0 Å². The summed E-state index contributed by atoms with van der Waals surface area (Å²) in [5.74, 6) is -0.316. The molecular formula is C8H5BrFN. The van der Waals surface area contributed by atoms with Crippen LogP contribution >= 0.6 is 15.9 Å². The van der Waals surface area contributed by atoms with Gasteiger partial charge < -0.3 is 4.85 Å². The van der Waals surface area contributed by atoms with Crippen molar-refractivity contribution >= 4 is 15.9 Å². The second-order valence-electron chi connectivity index (χ2n) is 2.05. The molecule has 1 rings (SSSR count). The fraction of sp³-hybridized carbons (Fsp3) is 0.125. The van der Waals surface area contributed by atoms with Gasteiger partial charge in [-0.2, -0.15) is 0 Å². The number of rotatable bonds is 1. The maximum absolute atomic E-state index is 12.8.